The summed E-state index contributed by atoms with van der Waals surface area (Å²) >= 11 is 0. The van der Waals surface area contributed by atoms with Gasteiger partial charge in [-0.05, 0) is 25.0 Å². The summed E-state index contributed by atoms with van der Waals surface area (Å²) < 4.78 is 6.65. The first-order chi connectivity index (χ1) is 12.7. The quantitative estimate of drug-likeness (QED) is 0.837. The maximum absolute atomic E-state index is 12.4. The maximum Gasteiger partial charge on any atom is 0.254 e. The van der Waals surface area contributed by atoms with Crippen LogP contribution in [0.15, 0.2) is 41.5 Å². The van der Waals surface area contributed by atoms with E-state index in [0.717, 1.165) is 31.2 Å². The normalized spacial score (nSPS) is 15.3. The third kappa shape index (κ3) is 4.50. The Balaban J connectivity index is 1.69. The Hall–Kier alpha value is -2.63. The Kier molecular flexibility index (Phi) is 6.04. The van der Waals surface area contributed by atoms with E-state index in [1.54, 1.807) is 7.11 Å². The van der Waals surface area contributed by atoms with Gasteiger partial charge >= 0.3 is 0 Å². The van der Waals surface area contributed by atoms with E-state index in [1.807, 2.05) is 24.3 Å². The zero-order chi connectivity index (χ0) is 18.4. The molecule has 0 bridgehead atoms. The highest BCUT2D eigenvalue weighted by Crippen LogP contribution is 2.26. The molecule has 138 valence electrons. The van der Waals surface area contributed by atoms with Gasteiger partial charge < -0.3 is 10.1 Å². The number of aromatic nitrogens is 2. The number of rotatable bonds is 5. The zero-order valence-electron chi connectivity index (χ0n) is 15.1. The lowest BCUT2D eigenvalue weighted by Gasteiger charge is -2.16. The lowest BCUT2D eigenvalue weighted by Crippen LogP contribution is -2.38. The first-order valence-corrected chi connectivity index (χ1v) is 9.16. The number of methoxy groups -OCH3 is 1. The van der Waals surface area contributed by atoms with Crippen LogP contribution in [-0.4, -0.2) is 28.6 Å². The van der Waals surface area contributed by atoms with Crippen LogP contribution in [0.2, 0.25) is 0 Å². The molecule has 0 unspecified atom stereocenters. The predicted octanol–water partition coefficient (Wildman–Crippen LogP) is 2.76. The van der Waals surface area contributed by atoms with Crippen LogP contribution in [0, 0.1) is 0 Å². The number of ether oxygens (including phenoxy) is 1. The summed E-state index contributed by atoms with van der Waals surface area (Å²) in [5.74, 6) is 0.522. The second-order valence-corrected chi connectivity index (χ2v) is 6.70. The Morgan fingerprint density at radius 1 is 1.23 bits per heavy atom. The van der Waals surface area contributed by atoms with E-state index in [4.69, 9.17) is 4.74 Å². The minimum Gasteiger partial charge on any atom is -0.496 e. The highest BCUT2D eigenvalue weighted by Gasteiger charge is 2.15. The number of carbonyl (C=O) groups excluding carboxylic acids is 1. The van der Waals surface area contributed by atoms with Gasteiger partial charge in [0.2, 0.25) is 5.91 Å². The van der Waals surface area contributed by atoms with Gasteiger partial charge in [-0.3, -0.25) is 14.2 Å². The molecule has 6 heteroatoms. The monoisotopic (exact) mass is 355 g/mol. The lowest BCUT2D eigenvalue weighted by atomic mass is 10.1. The molecule has 0 atom stereocenters. The average Bonchev–Trinajstić information content (AvgIpc) is 2.92. The number of para-hydroxylation sites is 1. The van der Waals surface area contributed by atoms with E-state index in [0.29, 0.717) is 11.4 Å². The molecular formula is C20H25N3O3. The first kappa shape index (κ1) is 18.2. The molecule has 0 aliphatic heterocycles. The second-order valence-electron chi connectivity index (χ2n) is 6.70. The summed E-state index contributed by atoms with van der Waals surface area (Å²) in [6, 6.07) is 9.07. The lowest BCUT2D eigenvalue weighted by molar-refractivity contribution is -0.122. The minimum atomic E-state index is -0.253. The third-order valence-corrected chi connectivity index (χ3v) is 4.80. The van der Waals surface area contributed by atoms with Gasteiger partial charge in [0.25, 0.3) is 5.56 Å². The molecule has 1 aromatic carbocycles. The van der Waals surface area contributed by atoms with Crippen LogP contribution < -0.4 is 15.6 Å². The Labute approximate surface area is 153 Å². The van der Waals surface area contributed by atoms with Gasteiger partial charge in [0, 0.05) is 17.7 Å². The fourth-order valence-corrected chi connectivity index (χ4v) is 3.40. The molecule has 3 rings (SSSR count). The van der Waals surface area contributed by atoms with Crippen molar-refractivity contribution in [3.63, 3.8) is 0 Å². The van der Waals surface area contributed by atoms with Crippen LogP contribution in [0.4, 0.5) is 0 Å². The highest BCUT2D eigenvalue weighted by molar-refractivity contribution is 5.76. The summed E-state index contributed by atoms with van der Waals surface area (Å²) in [7, 11) is 1.58. The second kappa shape index (κ2) is 8.65. The SMILES string of the molecule is COc1ccccc1-c1cc(=O)n(CC(=O)NC2CCCCCC2)cn1. The highest BCUT2D eigenvalue weighted by atomic mass is 16.5. The van der Waals surface area contributed by atoms with Crippen molar-refractivity contribution in [1.29, 1.82) is 0 Å². The summed E-state index contributed by atoms with van der Waals surface area (Å²) in [6.45, 7) is -0.00542. The van der Waals surface area contributed by atoms with Gasteiger partial charge in [0.15, 0.2) is 0 Å². The molecule has 0 saturated heterocycles. The van der Waals surface area contributed by atoms with Gasteiger partial charge in [-0.25, -0.2) is 4.98 Å². The van der Waals surface area contributed by atoms with Crippen LogP contribution in [0.5, 0.6) is 5.75 Å². The molecular weight excluding hydrogens is 330 g/mol. The van der Waals surface area contributed by atoms with Crippen molar-refractivity contribution in [3.8, 4) is 17.0 Å². The summed E-state index contributed by atoms with van der Waals surface area (Å²) in [6.07, 6.45) is 8.24. The largest absolute Gasteiger partial charge is 0.496 e. The molecule has 1 fully saturated rings. The number of nitrogens with zero attached hydrogens (tertiary/aromatic N) is 2. The minimum absolute atomic E-state index is 0.00542. The molecule has 0 spiro atoms. The molecule has 26 heavy (non-hydrogen) atoms. The standard InChI is InChI=1S/C20H25N3O3/c1-26-18-11-7-6-10-16(18)17-12-20(25)23(14-21-17)13-19(24)22-15-8-4-2-3-5-9-15/h6-7,10-12,14-15H,2-5,8-9,13H2,1H3,(H,22,24). The van der Waals surface area contributed by atoms with Gasteiger partial charge in [0.1, 0.15) is 12.3 Å². The number of hydrogen-bond donors (Lipinski definition) is 1. The number of hydrogen-bond acceptors (Lipinski definition) is 4. The number of carbonyl (C=O) groups is 1. The average molecular weight is 355 g/mol. The van der Waals surface area contributed by atoms with Gasteiger partial charge in [-0.15, -0.1) is 0 Å². The molecule has 1 N–H and O–H groups in total. The fraction of sp³-hybridized carbons (Fsp3) is 0.450. The molecule has 1 saturated carbocycles. The van der Waals surface area contributed by atoms with E-state index in [2.05, 4.69) is 10.3 Å². The molecule has 1 aliphatic carbocycles. The van der Waals surface area contributed by atoms with Crippen molar-refractivity contribution in [2.75, 3.05) is 7.11 Å². The van der Waals surface area contributed by atoms with Crippen LogP contribution in [-0.2, 0) is 11.3 Å². The Morgan fingerprint density at radius 3 is 2.65 bits per heavy atom. The maximum atomic E-state index is 12.4. The molecule has 2 aromatic rings. The zero-order valence-corrected chi connectivity index (χ0v) is 15.1. The predicted molar refractivity (Wildman–Crippen MR) is 100 cm³/mol. The van der Waals surface area contributed by atoms with E-state index >= 15 is 0 Å². The van der Waals surface area contributed by atoms with Gasteiger partial charge in [-0.2, -0.15) is 0 Å². The summed E-state index contributed by atoms with van der Waals surface area (Å²) in [5.41, 5.74) is 1.03. The third-order valence-electron chi connectivity index (χ3n) is 4.80. The van der Waals surface area contributed by atoms with Crippen molar-refractivity contribution in [2.24, 2.45) is 0 Å². The van der Waals surface area contributed by atoms with Crippen molar-refractivity contribution in [3.05, 3.63) is 47.0 Å². The Bertz CT molecular complexity index is 808. The fourth-order valence-electron chi connectivity index (χ4n) is 3.40. The molecule has 1 heterocycles. The Morgan fingerprint density at radius 2 is 1.96 bits per heavy atom. The van der Waals surface area contributed by atoms with Crippen molar-refractivity contribution < 1.29 is 9.53 Å². The molecule has 1 aliphatic rings. The van der Waals surface area contributed by atoms with Gasteiger partial charge in [-0.1, -0.05) is 37.8 Å². The van der Waals surface area contributed by atoms with Crippen molar-refractivity contribution in [2.45, 2.75) is 51.1 Å². The van der Waals surface area contributed by atoms with Crippen molar-refractivity contribution >= 4 is 5.91 Å². The molecule has 6 nitrogen and oxygen atoms in total. The number of amides is 1. The van der Waals surface area contributed by atoms with Crippen molar-refractivity contribution in [1.82, 2.24) is 14.9 Å². The number of nitrogens with one attached hydrogen (secondary N) is 1. The van der Waals surface area contributed by atoms with E-state index < -0.39 is 0 Å². The molecule has 0 radical (unpaired) electrons. The van der Waals surface area contributed by atoms with E-state index in [9.17, 15) is 9.59 Å². The molecule has 1 amide bonds. The number of benzene rings is 1. The first-order valence-electron chi connectivity index (χ1n) is 9.16. The topological polar surface area (TPSA) is 73.2 Å². The van der Waals surface area contributed by atoms with E-state index in [1.165, 1.54) is 29.8 Å². The van der Waals surface area contributed by atoms with Gasteiger partial charge in [0.05, 0.1) is 19.1 Å². The van der Waals surface area contributed by atoms with Crippen LogP contribution >= 0.6 is 0 Å². The summed E-state index contributed by atoms with van der Waals surface area (Å²) in [5, 5.41) is 3.05. The van der Waals surface area contributed by atoms with Crippen LogP contribution in [0.25, 0.3) is 11.3 Å². The van der Waals surface area contributed by atoms with Crippen LogP contribution in [0.3, 0.4) is 0 Å². The molecule has 1 aromatic heterocycles. The summed E-state index contributed by atoms with van der Waals surface area (Å²) in [4.78, 5) is 29.0. The van der Waals surface area contributed by atoms with E-state index in [-0.39, 0.29) is 24.1 Å². The van der Waals surface area contributed by atoms with Crippen LogP contribution in [0.1, 0.15) is 38.5 Å². The smallest absolute Gasteiger partial charge is 0.254 e.